The zero-order valence-corrected chi connectivity index (χ0v) is 15.7. The average molecular weight is 383 g/mol. The molecule has 0 bridgehead atoms. The third-order valence-electron chi connectivity index (χ3n) is 4.56. The van der Waals surface area contributed by atoms with Crippen molar-refractivity contribution in [2.75, 3.05) is 31.1 Å². The number of nitrogens with zero attached hydrogens (tertiary/aromatic N) is 6. The highest BCUT2D eigenvalue weighted by Gasteiger charge is 2.25. The molecule has 8 heteroatoms. The average Bonchev–Trinajstić information content (AvgIpc) is 3.10. The van der Waals surface area contributed by atoms with Crippen molar-refractivity contribution in [3.8, 4) is 5.69 Å². The Morgan fingerprint density at radius 3 is 2.48 bits per heavy atom. The van der Waals surface area contributed by atoms with E-state index in [0.717, 1.165) is 11.4 Å². The lowest BCUT2D eigenvalue weighted by Crippen LogP contribution is -2.49. The zero-order chi connectivity index (χ0) is 18.8. The van der Waals surface area contributed by atoms with E-state index >= 15 is 0 Å². The van der Waals surface area contributed by atoms with Crippen LogP contribution < -0.4 is 4.90 Å². The summed E-state index contributed by atoms with van der Waals surface area (Å²) in [6.45, 7) is 4.54. The van der Waals surface area contributed by atoms with Crippen LogP contribution in [-0.4, -0.2) is 56.7 Å². The normalized spacial score (nSPS) is 14.4. The smallest absolute Gasteiger partial charge is 0.274 e. The topological polar surface area (TPSA) is 67.2 Å². The van der Waals surface area contributed by atoms with Crippen molar-refractivity contribution < 1.29 is 4.79 Å². The number of aryl methyl sites for hydroxylation is 1. The second-order valence-electron chi connectivity index (χ2n) is 6.39. The summed E-state index contributed by atoms with van der Waals surface area (Å²) in [4.78, 5) is 25.3. The van der Waals surface area contributed by atoms with Crippen LogP contribution in [0.5, 0.6) is 0 Å². The zero-order valence-electron chi connectivity index (χ0n) is 14.9. The molecule has 1 aliphatic heterocycles. The summed E-state index contributed by atoms with van der Waals surface area (Å²) in [5.41, 5.74) is 2.17. The molecule has 1 saturated heterocycles. The lowest BCUT2D eigenvalue weighted by Gasteiger charge is -2.34. The number of piperazine rings is 1. The standard InChI is InChI=1S/C19H19ClN6O/c1-14-12-17(23-26(14)16-5-2-4-15(20)13-16)18(27)24-8-10-25(11-9-24)19-21-6-3-7-22-19/h2-7,12-13H,8-11H2,1H3. The minimum Gasteiger partial charge on any atom is -0.337 e. The van der Waals surface area contributed by atoms with E-state index in [1.165, 1.54) is 0 Å². The Hall–Kier alpha value is -2.93. The van der Waals surface area contributed by atoms with Crippen molar-refractivity contribution in [2.24, 2.45) is 0 Å². The van der Waals surface area contributed by atoms with Crippen LogP contribution in [0.4, 0.5) is 5.95 Å². The van der Waals surface area contributed by atoms with Gasteiger partial charge in [0, 0.05) is 49.3 Å². The maximum atomic E-state index is 12.9. The van der Waals surface area contributed by atoms with Crippen LogP contribution in [0, 0.1) is 6.92 Å². The van der Waals surface area contributed by atoms with Crippen LogP contribution >= 0.6 is 11.6 Å². The number of anilines is 1. The predicted molar refractivity (Wildman–Crippen MR) is 103 cm³/mol. The number of benzene rings is 1. The van der Waals surface area contributed by atoms with Gasteiger partial charge in [-0.05, 0) is 37.3 Å². The molecule has 3 aromatic rings. The highest BCUT2D eigenvalue weighted by atomic mass is 35.5. The van der Waals surface area contributed by atoms with E-state index in [-0.39, 0.29) is 5.91 Å². The summed E-state index contributed by atoms with van der Waals surface area (Å²) in [5.74, 6) is 0.637. The number of hydrogen-bond acceptors (Lipinski definition) is 5. The Balaban J connectivity index is 1.47. The molecule has 0 atom stereocenters. The fraction of sp³-hybridized carbons (Fsp3) is 0.263. The number of amides is 1. The van der Waals surface area contributed by atoms with Gasteiger partial charge in [-0.2, -0.15) is 5.10 Å². The van der Waals surface area contributed by atoms with Crippen molar-refractivity contribution in [1.29, 1.82) is 0 Å². The largest absolute Gasteiger partial charge is 0.337 e. The first-order chi connectivity index (χ1) is 13.1. The fourth-order valence-corrected chi connectivity index (χ4v) is 3.36. The third-order valence-corrected chi connectivity index (χ3v) is 4.80. The molecule has 138 valence electrons. The van der Waals surface area contributed by atoms with Gasteiger partial charge in [-0.25, -0.2) is 14.6 Å². The van der Waals surface area contributed by atoms with E-state index in [9.17, 15) is 4.79 Å². The van der Waals surface area contributed by atoms with Crippen LogP contribution in [0.25, 0.3) is 5.69 Å². The summed E-state index contributed by atoms with van der Waals surface area (Å²) < 4.78 is 1.74. The predicted octanol–water partition coefficient (Wildman–Crippen LogP) is 2.59. The monoisotopic (exact) mass is 382 g/mol. The van der Waals surface area contributed by atoms with E-state index in [2.05, 4.69) is 20.0 Å². The van der Waals surface area contributed by atoms with Crippen LogP contribution in [0.15, 0.2) is 48.8 Å². The highest BCUT2D eigenvalue weighted by molar-refractivity contribution is 6.30. The molecule has 0 saturated carbocycles. The van der Waals surface area contributed by atoms with Crippen molar-refractivity contribution in [1.82, 2.24) is 24.6 Å². The Labute approximate surface area is 162 Å². The number of aromatic nitrogens is 4. The molecular formula is C19H19ClN6O. The maximum absolute atomic E-state index is 12.9. The van der Waals surface area contributed by atoms with E-state index < -0.39 is 0 Å². The SMILES string of the molecule is Cc1cc(C(=O)N2CCN(c3ncccn3)CC2)nn1-c1cccc(Cl)c1. The van der Waals surface area contributed by atoms with Gasteiger partial charge < -0.3 is 9.80 Å². The molecule has 0 unspecified atom stereocenters. The molecule has 1 aromatic carbocycles. The van der Waals surface area contributed by atoms with Crippen molar-refractivity contribution >= 4 is 23.5 Å². The summed E-state index contributed by atoms with van der Waals surface area (Å²) >= 11 is 6.07. The van der Waals surface area contributed by atoms with Gasteiger partial charge in [-0.3, -0.25) is 4.79 Å². The van der Waals surface area contributed by atoms with Crippen molar-refractivity contribution in [2.45, 2.75) is 6.92 Å². The van der Waals surface area contributed by atoms with Gasteiger partial charge >= 0.3 is 0 Å². The molecule has 7 nitrogen and oxygen atoms in total. The van der Waals surface area contributed by atoms with Gasteiger partial charge in [0.1, 0.15) is 0 Å². The molecule has 0 N–H and O–H groups in total. The Morgan fingerprint density at radius 1 is 1.04 bits per heavy atom. The summed E-state index contributed by atoms with van der Waals surface area (Å²) in [7, 11) is 0. The fourth-order valence-electron chi connectivity index (χ4n) is 3.17. The van der Waals surface area contributed by atoms with Gasteiger partial charge in [0.05, 0.1) is 5.69 Å². The summed E-state index contributed by atoms with van der Waals surface area (Å²) in [6, 6.07) is 11.0. The number of hydrogen-bond donors (Lipinski definition) is 0. The quantitative estimate of drug-likeness (QED) is 0.696. The third kappa shape index (κ3) is 3.64. The molecule has 1 fully saturated rings. The molecule has 0 radical (unpaired) electrons. The van der Waals surface area contributed by atoms with E-state index in [1.54, 1.807) is 23.1 Å². The van der Waals surface area contributed by atoms with Crippen LogP contribution in [0.3, 0.4) is 0 Å². The van der Waals surface area contributed by atoms with E-state index in [0.29, 0.717) is 42.8 Å². The second kappa shape index (κ2) is 7.36. The first-order valence-electron chi connectivity index (χ1n) is 8.76. The van der Waals surface area contributed by atoms with E-state index in [1.807, 2.05) is 42.2 Å². The number of rotatable bonds is 3. The molecule has 3 heterocycles. The molecule has 27 heavy (non-hydrogen) atoms. The number of halogens is 1. The molecule has 2 aromatic heterocycles. The minimum atomic E-state index is -0.0625. The van der Waals surface area contributed by atoms with Crippen LogP contribution in [0.2, 0.25) is 5.02 Å². The number of carbonyl (C=O) groups is 1. The van der Waals surface area contributed by atoms with Crippen molar-refractivity contribution in [3.05, 3.63) is 65.2 Å². The van der Waals surface area contributed by atoms with Crippen molar-refractivity contribution in [3.63, 3.8) is 0 Å². The maximum Gasteiger partial charge on any atom is 0.274 e. The molecule has 4 rings (SSSR count). The molecule has 0 spiro atoms. The summed E-state index contributed by atoms with van der Waals surface area (Å²) in [5, 5.41) is 5.14. The summed E-state index contributed by atoms with van der Waals surface area (Å²) in [6.07, 6.45) is 3.45. The van der Waals surface area contributed by atoms with Gasteiger partial charge in [0.25, 0.3) is 5.91 Å². The van der Waals surface area contributed by atoms with Gasteiger partial charge in [-0.15, -0.1) is 0 Å². The Morgan fingerprint density at radius 2 is 1.78 bits per heavy atom. The van der Waals surface area contributed by atoms with Crippen LogP contribution in [-0.2, 0) is 0 Å². The first-order valence-corrected chi connectivity index (χ1v) is 9.13. The molecule has 1 aliphatic rings. The lowest BCUT2D eigenvalue weighted by molar-refractivity contribution is 0.0740. The Kier molecular flexibility index (Phi) is 4.77. The van der Waals surface area contributed by atoms with Gasteiger partial charge in [-0.1, -0.05) is 17.7 Å². The second-order valence-corrected chi connectivity index (χ2v) is 6.83. The minimum absolute atomic E-state index is 0.0625. The lowest BCUT2D eigenvalue weighted by atomic mass is 10.2. The van der Waals surface area contributed by atoms with E-state index in [4.69, 9.17) is 11.6 Å². The molecule has 0 aliphatic carbocycles. The van der Waals surface area contributed by atoms with Crippen LogP contribution in [0.1, 0.15) is 16.2 Å². The molecule has 1 amide bonds. The highest BCUT2D eigenvalue weighted by Crippen LogP contribution is 2.18. The van der Waals surface area contributed by atoms with Gasteiger partial charge in [0.2, 0.25) is 5.95 Å². The van der Waals surface area contributed by atoms with Gasteiger partial charge in [0.15, 0.2) is 5.69 Å². The Bertz CT molecular complexity index is 950. The first kappa shape index (κ1) is 17.5. The molecular weight excluding hydrogens is 364 g/mol. The number of carbonyl (C=O) groups excluding carboxylic acids is 1.